The molecule has 4 nitrogen and oxygen atoms in total. The summed E-state index contributed by atoms with van der Waals surface area (Å²) >= 11 is 0. The average Bonchev–Trinajstić information content (AvgIpc) is 2.85. The van der Waals surface area contributed by atoms with Gasteiger partial charge in [-0.3, -0.25) is 4.68 Å². The summed E-state index contributed by atoms with van der Waals surface area (Å²) in [6.07, 6.45) is 3.70. The van der Waals surface area contributed by atoms with Crippen molar-refractivity contribution in [3.8, 4) is 6.07 Å². The molecule has 1 aromatic heterocycles. The molecule has 18 heavy (non-hydrogen) atoms. The number of hydrogen-bond acceptors (Lipinski definition) is 3. The van der Waals surface area contributed by atoms with E-state index < -0.39 is 5.82 Å². The first-order chi connectivity index (χ1) is 8.72. The second kappa shape index (κ2) is 5.32. The Morgan fingerprint density at radius 1 is 1.50 bits per heavy atom. The number of aryl methyl sites for hydroxylation is 1. The standard InChI is InChI=1S/C13H13FN4/c1-2-18-9-10(8-17-18)7-16-13-4-3-12(14)5-11(13)6-15/h3-5,8-9,16H,2,7H2,1H3. The number of rotatable bonds is 4. The van der Waals surface area contributed by atoms with Gasteiger partial charge < -0.3 is 5.32 Å². The number of anilines is 1. The van der Waals surface area contributed by atoms with Crippen molar-refractivity contribution >= 4 is 5.69 Å². The van der Waals surface area contributed by atoms with Gasteiger partial charge in [-0.2, -0.15) is 10.4 Å². The van der Waals surface area contributed by atoms with Gasteiger partial charge in [-0.25, -0.2) is 4.39 Å². The van der Waals surface area contributed by atoms with Crippen LogP contribution in [0.25, 0.3) is 0 Å². The number of hydrogen-bond donors (Lipinski definition) is 1. The van der Waals surface area contributed by atoms with Crippen molar-refractivity contribution in [3.05, 3.63) is 47.5 Å². The molecular formula is C13H13FN4. The van der Waals surface area contributed by atoms with E-state index >= 15 is 0 Å². The van der Waals surface area contributed by atoms with E-state index in [0.717, 1.165) is 12.1 Å². The topological polar surface area (TPSA) is 53.6 Å². The van der Waals surface area contributed by atoms with Gasteiger partial charge >= 0.3 is 0 Å². The first-order valence-electron chi connectivity index (χ1n) is 5.67. The number of nitrogens with zero attached hydrogens (tertiary/aromatic N) is 3. The van der Waals surface area contributed by atoms with Gasteiger partial charge in [-0.1, -0.05) is 0 Å². The molecule has 1 aromatic carbocycles. The van der Waals surface area contributed by atoms with Crippen LogP contribution in [0.5, 0.6) is 0 Å². The van der Waals surface area contributed by atoms with Crippen molar-refractivity contribution in [2.24, 2.45) is 0 Å². The van der Waals surface area contributed by atoms with Crippen LogP contribution in [0.15, 0.2) is 30.6 Å². The molecule has 5 heteroatoms. The Morgan fingerprint density at radius 2 is 2.33 bits per heavy atom. The summed E-state index contributed by atoms with van der Waals surface area (Å²) in [7, 11) is 0. The van der Waals surface area contributed by atoms with Gasteiger partial charge in [0.2, 0.25) is 0 Å². The van der Waals surface area contributed by atoms with Crippen LogP contribution in [0.4, 0.5) is 10.1 Å². The van der Waals surface area contributed by atoms with Crippen LogP contribution in [-0.2, 0) is 13.1 Å². The van der Waals surface area contributed by atoms with Gasteiger partial charge in [-0.05, 0) is 25.1 Å². The van der Waals surface area contributed by atoms with Crippen LogP contribution >= 0.6 is 0 Å². The van der Waals surface area contributed by atoms with E-state index in [-0.39, 0.29) is 0 Å². The molecule has 0 radical (unpaired) electrons. The number of aromatic nitrogens is 2. The lowest BCUT2D eigenvalue weighted by molar-refractivity contribution is 0.627. The quantitative estimate of drug-likeness (QED) is 0.899. The van der Waals surface area contributed by atoms with Crippen molar-refractivity contribution in [3.63, 3.8) is 0 Å². The summed E-state index contributed by atoms with van der Waals surface area (Å²) in [5.41, 5.74) is 1.95. The van der Waals surface area contributed by atoms with Gasteiger partial charge in [0, 0.05) is 24.8 Å². The van der Waals surface area contributed by atoms with Crippen molar-refractivity contribution in [1.82, 2.24) is 9.78 Å². The van der Waals surface area contributed by atoms with E-state index in [2.05, 4.69) is 10.4 Å². The number of halogens is 1. The van der Waals surface area contributed by atoms with E-state index in [1.165, 1.54) is 12.1 Å². The Bertz CT molecular complexity index is 583. The van der Waals surface area contributed by atoms with Crippen molar-refractivity contribution in [1.29, 1.82) is 5.26 Å². The van der Waals surface area contributed by atoms with Crippen LogP contribution in [-0.4, -0.2) is 9.78 Å². The fraction of sp³-hybridized carbons (Fsp3) is 0.231. The lowest BCUT2D eigenvalue weighted by atomic mass is 10.2. The highest BCUT2D eigenvalue weighted by molar-refractivity contribution is 5.57. The number of nitrogens with one attached hydrogen (secondary N) is 1. The Kier molecular flexibility index (Phi) is 3.58. The van der Waals surface area contributed by atoms with Gasteiger partial charge in [0.05, 0.1) is 17.4 Å². The molecule has 2 aromatic rings. The molecule has 0 fully saturated rings. The van der Waals surface area contributed by atoms with Crippen LogP contribution < -0.4 is 5.32 Å². The predicted molar refractivity (Wildman–Crippen MR) is 66.3 cm³/mol. The van der Waals surface area contributed by atoms with Crippen LogP contribution in [0, 0.1) is 17.1 Å². The third-order valence-corrected chi connectivity index (χ3v) is 2.60. The first-order valence-corrected chi connectivity index (χ1v) is 5.67. The molecule has 2 rings (SSSR count). The molecule has 0 bridgehead atoms. The van der Waals surface area contributed by atoms with E-state index in [1.807, 2.05) is 23.9 Å². The summed E-state index contributed by atoms with van der Waals surface area (Å²) < 4.78 is 14.8. The lowest BCUT2D eigenvalue weighted by Gasteiger charge is -2.06. The molecule has 1 heterocycles. The van der Waals surface area contributed by atoms with Crippen molar-refractivity contribution in [2.75, 3.05) is 5.32 Å². The summed E-state index contributed by atoms with van der Waals surface area (Å²) in [5.74, 6) is -0.407. The van der Waals surface area contributed by atoms with Crippen molar-refractivity contribution < 1.29 is 4.39 Å². The summed E-state index contributed by atoms with van der Waals surface area (Å²) in [4.78, 5) is 0. The fourth-order valence-corrected chi connectivity index (χ4v) is 1.63. The van der Waals surface area contributed by atoms with Gasteiger partial charge in [0.1, 0.15) is 11.9 Å². The summed E-state index contributed by atoms with van der Waals surface area (Å²) in [6, 6.07) is 6.09. The smallest absolute Gasteiger partial charge is 0.124 e. The number of benzene rings is 1. The van der Waals surface area contributed by atoms with E-state index in [0.29, 0.717) is 17.8 Å². The second-order valence-electron chi connectivity index (χ2n) is 3.86. The molecule has 0 aliphatic carbocycles. The molecule has 0 atom stereocenters. The van der Waals surface area contributed by atoms with Gasteiger partial charge in [0.15, 0.2) is 0 Å². The molecule has 0 spiro atoms. The lowest BCUT2D eigenvalue weighted by Crippen LogP contribution is -2.01. The largest absolute Gasteiger partial charge is 0.380 e. The van der Waals surface area contributed by atoms with Crippen LogP contribution in [0.3, 0.4) is 0 Å². The normalized spacial score (nSPS) is 10.1. The Hall–Kier alpha value is -2.35. The molecule has 0 aliphatic rings. The maximum Gasteiger partial charge on any atom is 0.124 e. The fourth-order valence-electron chi connectivity index (χ4n) is 1.63. The Balaban J connectivity index is 2.08. The van der Waals surface area contributed by atoms with Crippen LogP contribution in [0.1, 0.15) is 18.1 Å². The highest BCUT2D eigenvalue weighted by Crippen LogP contribution is 2.16. The Morgan fingerprint density at radius 3 is 3.00 bits per heavy atom. The molecule has 0 aliphatic heterocycles. The second-order valence-corrected chi connectivity index (χ2v) is 3.86. The Labute approximate surface area is 105 Å². The highest BCUT2D eigenvalue weighted by Gasteiger charge is 2.04. The summed E-state index contributed by atoms with van der Waals surface area (Å²) in [5, 5.41) is 16.2. The van der Waals surface area contributed by atoms with Gasteiger partial charge in [0.25, 0.3) is 0 Å². The number of nitriles is 1. The maximum atomic E-state index is 13.0. The minimum atomic E-state index is -0.407. The zero-order chi connectivity index (χ0) is 13.0. The molecule has 0 amide bonds. The molecule has 0 saturated carbocycles. The average molecular weight is 244 g/mol. The molecule has 92 valence electrons. The van der Waals surface area contributed by atoms with E-state index in [9.17, 15) is 4.39 Å². The van der Waals surface area contributed by atoms with E-state index in [1.54, 1.807) is 12.3 Å². The molecule has 1 N–H and O–H groups in total. The monoisotopic (exact) mass is 244 g/mol. The summed E-state index contributed by atoms with van der Waals surface area (Å²) in [6.45, 7) is 3.39. The highest BCUT2D eigenvalue weighted by atomic mass is 19.1. The maximum absolute atomic E-state index is 13.0. The molecule has 0 unspecified atom stereocenters. The third kappa shape index (κ3) is 2.66. The SMILES string of the molecule is CCn1cc(CNc2ccc(F)cc2C#N)cn1. The van der Waals surface area contributed by atoms with Crippen molar-refractivity contribution in [2.45, 2.75) is 20.0 Å². The van der Waals surface area contributed by atoms with Gasteiger partial charge in [-0.15, -0.1) is 0 Å². The van der Waals surface area contributed by atoms with E-state index in [4.69, 9.17) is 5.26 Å². The minimum absolute atomic E-state index is 0.304. The van der Waals surface area contributed by atoms with Crippen LogP contribution in [0.2, 0.25) is 0 Å². The predicted octanol–water partition coefficient (Wildman–Crippen LogP) is 2.53. The third-order valence-electron chi connectivity index (χ3n) is 2.60. The zero-order valence-electron chi connectivity index (χ0n) is 10.0. The molecule has 0 saturated heterocycles. The molecular weight excluding hydrogens is 231 g/mol. The zero-order valence-corrected chi connectivity index (χ0v) is 10.0. The first kappa shape index (κ1) is 12.1. The minimum Gasteiger partial charge on any atom is -0.380 e.